The number of aryl methyl sites for hydroxylation is 2. The zero-order chi connectivity index (χ0) is 22.5. The molecule has 1 fully saturated rings. The molecule has 168 valence electrons. The minimum atomic E-state index is -0.854. The average molecular weight is 429 g/mol. The molecule has 1 heterocycles. The van der Waals surface area contributed by atoms with E-state index in [-0.39, 0.29) is 11.9 Å². The summed E-state index contributed by atoms with van der Waals surface area (Å²) >= 11 is 0. The van der Waals surface area contributed by atoms with Gasteiger partial charge in [-0.3, -0.25) is 4.79 Å². The maximum atomic E-state index is 12.5. The third kappa shape index (κ3) is 5.66. The van der Waals surface area contributed by atoms with Crippen LogP contribution in [0.4, 0.5) is 0 Å². The van der Waals surface area contributed by atoms with Crippen LogP contribution in [0.1, 0.15) is 67.4 Å². The number of nitrogens with one attached hydrogen (secondary N) is 1. The fourth-order valence-electron chi connectivity index (χ4n) is 3.92. The molecule has 2 aromatic rings. The molecular weight excluding hydrogens is 396 g/mol. The number of aromatic nitrogens is 1. The van der Waals surface area contributed by atoms with Crippen molar-refractivity contribution in [2.75, 3.05) is 0 Å². The van der Waals surface area contributed by atoms with Gasteiger partial charge < -0.3 is 19.3 Å². The number of nitrogens with zero attached hydrogens (tertiary/aromatic N) is 1. The predicted octanol–water partition coefficient (Wildman–Crippen LogP) is 4.36. The number of amides is 1. The van der Waals surface area contributed by atoms with E-state index in [1.165, 1.54) is 6.42 Å². The predicted molar refractivity (Wildman–Crippen MR) is 116 cm³/mol. The lowest BCUT2D eigenvalue weighted by atomic mass is 9.78. The summed E-state index contributed by atoms with van der Waals surface area (Å²) in [5, 5.41) is 6.96. The Bertz CT molecular complexity index is 886. The SMILES string of the molecule is Cc1noc(C)c1COc1ccc(C(=O)O[C@H](C)C(=O)N[C@H]2CCC[C@H](C)[C@@H]2C)cc1. The molecule has 1 aromatic heterocycles. The highest BCUT2D eigenvalue weighted by Gasteiger charge is 2.30. The Morgan fingerprint density at radius 3 is 2.55 bits per heavy atom. The van der Waals surface area contributed by atoms with Crippen molar-refractivity contribution < 1.29 is 23.6 Å². The summed E-state index contributed by atoms with van der Waals surface area (Å²) in [6, 6.07) is 6.78. The molecule has 1 amide bonds. The van der Waals surface area contributed by atoms with Crippen molar-refractivity contribution in [2.24, 2.45) is 11.8 Å². The van der Waals surface area contributed by atoms with Crippen LogP contribution in [0.25, 0.3) is 0 Å². The number of carbonyl (C=O) groups is 2. The van der Waals surface area contributed by atoms with Crippen molar-refractivity contribution in [3.05, 3.63) is 46.8 Å². The van der Waals surface area contributed by atoms with Crippen LogP contribution in [0.15, 0.2) is 28.8 Å². The highest BCUT2D eigenvalue weighted by Crippen LogP contribution is 2.29. The first kappa shape index (κ1) is 22.8. The van der Waals surface area contributed by atoms with Gasteiger partial charge in [0.1, 0.15) is 18.1 Å². The Hall–Kier alpha value is -2.83. The number of carbonyl (C=O) groups excluding carboxylic acids is 2. The molecule has 1 aromatic carbocycles. The van der Waals surface area contributed by atoms with E-state index in [4.69, 9.17) is 14.0 Å². The molecule has 0 saturated heterocycles. The van der Waals surface area contributed by atoms with E-state index >= 15 is 0 Å². The number of hydrogen-bond donors (Lipinski definition) is 1. The van der Waals surface area contributed by atoms with Crippen molar-refractivity contribution in [3.8, 4) is 5.75 Å². The lowest BCUT2D eigenvalue weighted by Crippen LogP contribution is -2.47. The summed E-state index contributed by atoms with van der Waals surface area (Å²) < 4.78 is 16.3. The molecule has 0 bridgehead atoms. The van der Waals surface area contributed by atoms with Gasteiger partial charge in [0.25, 0.3) is 5.91 Å². The Balaban J connectivity index is 1.51. The second kappa shape index (κ2) is 9.98. The molecule has 0 aliphatic heterocycles. The van der Waals surface area contributed by atoms with Crippen LogP contribution in [-0.2, 0) is 16.1 Å². The average Bonchev–Trinajstić information content (AvgIpc) is 3.07. The van der Waals surface area contributed by atoms with Gasteiger partial charge in [0, 0.05) is 6.04 Å². The van der Waals surface area contributed by atoms with E-state index in [2.05, 4.69) is 24.3 Å². The van der Waals surface area contributed by atoms with Crippen LogP contribution in [-0.4, -0.2) is 29.2 Å². The van der Waals surface area contributed by atoms with Gasteiger partial charge >= 0.3 is 5.97 Å². The zero-order valence-corrected chi connectivity index (χ0v) is 18.9. The molecule has 1 N–H and O–H groups in total. The molecule has 7 heteroatoms. The fraction of sp³-hybridized carbons (Fsp3) is 0.542. The summed E-state index contributed by atoms with van der Waals surface area (Å²) in [5.41, 5.74) is 2.07. The van der Waals surface area contributed by atoms with E-state index < -0.39 is 12.1 Å². The van der Waals surface area contributed by atoms with Gasteiger partial charge in [-0.2, -0.15) is 0 Å². The first-order valence-corrected chi connectivity index (χ1v) is 10.9. The maximum absolute atomic E-state index is 12.5. The van der Waals surface area contributed by atoms with Crippen LogP contribution >= 0.6 is 0 Å². The fourth-order valence-corrected chi connectivity index (χ4v) is 3.92. The Kier molecular flexibility index (Phi) is 7.36. The Labute approximate surface area is 183 Å². The standard InChI is InChI=1S/C24H32N2O5/c1-14-7-6-8-22(15(14)2)25-23(27)18(5)30-24(28)19-9-11-20(12-10-19)29-13-21-16(3)26-31-17(21)4/h9-12,14-15,18,22H,6-8,13H2,1-5H3,(H,25,27)/t14-,15-,18+,22-/m0/s1. The summed E-state index contributed by atoms with van der Waals surface area (Å²) in [4.78, 5) is 25.0. The minimum Gasteiger partial charge on any atom is -0.489 e. The van der Waals surface area contributed by atoms with Gasteiger partial charge in [-0.15, -0.1) is 0 Å². The molecule has 0 radical (unpaired) electrons. The van der Waals surface area contributed by atoms with Gasteiger partial charge in [0.05, 0.1) is 16.8 Å². The van der Waals surface area contributed by atoms with E-state index in [0.29, 0.717) is 29.8 Å². The third-order valence-corrected chi connectivity index (χ3v) is 6.34. The van der Waals surface area contributed by atoms with Crippen LogP contribution < -0.4 is 10.1 Å². The molecule has 1 aliphatic carbocycles. The van der Waals surface area contributed by atoms with Crippen molar-refractivity contribution in [2.45, 2.75) is 72.6 Å². The highest BCUT2D eigenvalue weighted by molar-refractivity contribution is 5.92. The van der Waals surface area contributed by atoms with E-state index in [1.807, 2.05) is 13.8 Å². The summed E-state index contributed by atoms with van der Waals surface area (Å²) in [7, 11) is 0. The lowest BCUT2D eigenvalue weighted by molar-refractivity contribution is -0.130. The topological polar surface area (TPSA) is 90.7 Å². The molecule has 1 aliphatic rings. The molecule has 0 spiro atoms. The lowest BCUT2D eigenvalue weighted by Gasteiger charge is -2.35. The first-order valence-electron chi connectivity index (χ1n) is 10.9. The van der Waals surface area contributed by atoms with E-state index in [0.717, 1.165) is 29.9 Å². The van der Waals surface area contributed by atoms with Gasteiger partial charge in [-0.25, -0.2) is 4.79 Å². The zero-order valence-electron chi connectivity index (χ0n) is 18.9. The monoisotopic (exact) mass is 428 g/mol. The summed E-state index contributed by atoms with van der Waals surface area (Å²) in [6.45, 7) is 10.0. The normalized spacial score (nSPS) is 21.9. The molecular formula is C24H32N2O5. The smallest absolute Gasteiger partial charge is 0.338 e. The van der Waals surface area contributed by atoms with E-state index in [1.54, 1.807) is 31.2 Å². The molecule has 7 nitrogen and oxygen atoms in total. The maximum Gasteiger partial charge on any atom is 0.338 e. The van der Waals surface area contributed by atoms with Crippen LogP contribution in [0.3, 0.4) is 0 Å². The van der Waals surface area contributed by atoms with Crippen LogP contribution in [0, 0.1) is 25.7 Å². The largest absolute Gasteiger partial charge is 0.489 e. The highest BCUT2D eigenvalue weighted by atomic mass is 16.5. The van der Waals surface area contributed by atoms with Crippen molar-refractivity contribution in [1.29, 1.82) is 0 Å². The van der Waals surface area contributed by atoms with E-state index in [9.17, 15) is 9.59 Å². The second-order valence-corrected chi connectivity index (χ2v) is 8.55. The number of rotatable bonds is 7. The van der Waals surface area contributed by atoms with Crippen molar-refractivity contribution in [3.63, 3.8) is 0 Å². The van der Waals surface area contributed by atoms with Gasteiger partial charge in [0.2, 0.25) is 0 Å². The van der Waals surface area contributed by atoms with Crippen LogP contribution in [0.2, 0.25) is 0 Å². The Morgan fingerprint density at radius 2 is 1.90 bits per heavy atom. The molecule has 0 unspecified atom stereocenters. The van der Waals surface area contributed by atoms with Crippen molar-refractivity contribution in [1.82, 2.24) is 10.5 Å². The summed E-state index contributed by atoms with van der Waals surface area (Å²) in [5.74, 6) is 1.54. The third-order valence-electron chi connectivity index (χ3n) is 6.34. The Morgan fingerprint density at radius 1 is 1.19 bits per heavy atom. The molecule has 1 saturated carbocycles. The quantitative estimate of drug-likeness (QED) is 0.659. The van der Waals surface area contributed by atoms with Gasteiger partial charge in [-0.05, 0) is 63.3 Å². The summed E-state index contributed by atoms with van der Waals surface area (Å²) in [6.07, 6.45) is 2.41. The van der Waals surface area contributed by atoms with Crippen molar-refractivity contribution >= 4 is 11.9 Å². The first-order chi connectivity index (χ1) is 14.8. The number of hydrogen-bond acceptors (Lipinski definition) is 6. The molecule has 3 rings (SSSR count). The minimum absolute atomic E-state index is 0.131. The number of esters is 1. The van der Waals surface area contributed by atoms with Gasteiger partial charge in [-0.1, -0.05) is 31.8 Å². The molecule has 31 heavy (non-hydrogen) atoms. The second-order valence-electron chi connectivity index (χ2n) is 8.55. The molecule has 4 atom stereocenters. The van der Waals surface area contributed by atoms with Crippen LogP contribution in [0.5, 0.6) is 5.75 Å². The number of benzene rings is 1. The number of ether oxygens (including phenoxy) is 2. The van der Waals surface area contributed by atoms with Gasteiger partial charge in [0.15, 0.2) is 6.10 Å².